The topological polar surface area (TPSA) is 51.6 Å². The maximum atomic E-state index is 4.96. The van der Waals surface area contributed by atoms with E-state index in [1.807, 2.05) is 66.7 Å². The molecule has 0 bridgehead atoms. The molecular formula is C42H26N4S. The Morgan fingerprint density at radius 1 is 0.340 bits per heavy atom. The second kappa shape index (κ2) is 11.4. The van der Waals surface area contributed by atoms with Gasteiger partial charge in [-0.3, -0.25) is 0 Å². The Balaban J connectivity index is 1.10. The quantitative estimate of drug-likeness (QED) is 0.193. The van der Waals surface area contributed by atoms with Crippen molar-refractivity contribution in [2.24, 2.45) is 0 Å². The van der Waals surface area contributed by atoms with E-state index in [1.54, 1.807) is 11.3 Å². The molecule has 0 atom stereocenters. The van der Waals surface area contributed by atoms with E-state index in [9.17, 15) is 0 Å². The zero-order valence-electron chi connectivity index (χ0n) is 25.2. The van der Waals surface area contributed by atoms with E-state index in [4.69, 9.17) is 19.9 Å². The van der Waals surface area contributed by atoms with Crippen molar-refractivity contribution in [1.82, 2.24) is 19.9 Å². The van der Waals surface area contributed by atoms with E-state index in [0.717, 1.165) is 43.6 Å². The summed E-state index contributed by atoms with van der Waals surface area (Å²) in [6.45, 7) is 0. The molecule has 47 heavy (non-hydrogen) atoms. The predicted octanol–water partition coefficient (Wildman–Crippen LogP) is 11.1. The summed E-state index contributed by atoms with van der Waals surface area (Å²) in [5, 5.41) is 5.79. The molecule has 0 fully saturated rings. The monoisotopic (exact) mass is 618 g/mol. The van der Waals surface area contributed by atoms with Gasteiger partial charge in [0.2, 0.25) is 0 Å². The fourth-order valence-corrected chi connectivity index (χ4v) is 7.19. The molecule has 2 aromatic heterocycles. The molecule has 0 unspecified atom stereocenters. The SMILES string of the molecule is c1ccc(-c2nc(-c3ccccc3)nc(-c3ccc4cc(-c5ccc6ccc7nc(-c8ccccc8)sc7c6c5)ccc4c3)n2)cc1. The van der Waals surface area contributed by atoms with Crippen molar-refractivity contribution in [3.05, 3.63) is 158 Å². The van der Waals surface area contributed by atoms with Crippen LogP contribution in [0.15, 0.2) is 158 Å². The maximum Gasteiger partial charge on any atom is 0.164 e. The molecule has 0 aliphatic carbocycles. The number of rotatable bonds is 5. The van der Waals surface area contributed by atoms with Gasteiger partial charge in [0.25, 0.3) is 0 Å². The number of hydrogen-bond donors (Lipinski definition) is 0. The molecule has 0 radical (unpaired) electrons. The third kappa shape index (κ3) is 5.13. The highest BCUT2D eigenvalue weighted by molar-refractivity contribution is 7.22. The van der Waals surface area contributed by atoms with Crippen LogP contribution in [0.5, 0.6) is 0 Å². The van der Waals surface area contributed by atoms with E-state index in [0.29, 0.717) is 17.5 Å². The van der Waals surface area contributed by atoms with Gasteiger partial charge in [0.15, 0.2) is 17.5 Å². The van der Waals surface area contributed by atoms with Crippen molar-refractivity contribution >= 4 is 43.1 Å². The number of thiazole rings is 1. The minimum absolute atomic E-state index is 0.654. The molecule has 9 aromatic rings. The molecule has 0 saturated heterocycles. The normalized spacial score (nSPS) is 11.4. The number of nitrogens with zero attached hydrogens (tertiary/aromatic N) is 4. The van der Waals surface area contributed by atoms with Gasteiger partial charge in [0.1, 0.15) is 5.01 Å². The van der Waals surface area contributed by atoms with Crippen LogP contribution >= 0.6 is 11.3 Å². The number of aromatic nitrogens is 4. The standard InChI is InChI=1S/C42H26N4S/c1-4-10-28(11-5-1)39-44-40(29-12-6-2-7-13-29)46-41(45-39)35-21-20-31-24-32(18-19-33(31)25-35)34-17-16-27-22-23-37-38(36(27)26-34)47-42(43-37)30-14-8-3-9-15-30/h1-26H. The Bertz CT molecular complexity index is 2500. The van der Waals surface area contributed by atoms with Crippen LogP contribution in [-0.4, -0.2) is 19.9 Å². The van der Waals surface area contributed by atoms with Gasteiger partial charge in [-0.1, -0.05) is 133 Å². The van der Waals surface area contributed by atoms with Crippen LogP contribution < -0.4 is 0 Å². The number of fused-ring (bicyclic) bond motifs is 4. The summed E-state index contributed by atoms with van der Waals surface area (Å²) in [6, 6.07) is 54.7. The van der Waals surface area contributed by atoms with Crippen molar-refractivity contribution in [2.45, 2.75) is 0 Å². The van der Waals surface area contributed by atoms with Gasteiger partial charge in [0, 0.05) is 27.6 Å². The van der Waals surface area contributed by atoms with Gasteiger partial charge >= 0.3 is 0 Å². The fourth-order valence-electron chi connectivity index (χ4n) is 6.09. The van der Waals surface area contributed by atoms with E-state index >= 15 is 0 Å². The largest absolute Gasteiger partial charge is 0.236 e. The Labute approximate surface area is 275 Å². The Morgan fingerprint density at radius 2 is 0.809 bits per heavy atom. The van der Waals surface area contributed by atoms with Crippen molar-refractivity contribution in [3.8, 4) is 55.9 Å². The summed E-state index contributed by atoms with van der Waals surface area (Å²) in [7, 11) is 0. The molecule has 0 N–H and O–H groups in total. The van der Waals surface area contributed by atoms with Gasteiger partial charge < -0.3 is 0 Å². The van der Waals surface area contributed by atoms with Crippen molar-refractivity contribution in [3.63, 3.8) is 0 Å². The summed E-state index contributed by atoms with van der Waals surface area (Å²) in [6.07, 6.45) is 0. The molecule has 0 amide bonds. The second-order valence-corrected chi connectivity index (χ2v) is 12.5. The third-order valence-corrected chi connectivity index (χ3v) is 9.68. The van der Waals surface area contributed by atoms with Crippen LogP contribution in [-0.2, 0) is 0 Å². The Morgan fingerprint density at radius 3 is 1.43 bits per heavy atom. The Hall–Kier alpha value is -6.04. The summed E-state index contributed by atoms with van der Waals surface area (Å²) in [4.78, 5) is 19.6. The van der Waals surface area contributed by atoms with Crippen LogP contribution in [0.25, 0.3) is 87.6 Å². The Kier molecular flexibility index (Phi) is 6.61. The van der Waals surface area contributed by atoms with E-state index in [-0.39, 0.29) is 0 Å². The molecule has 4 nitrogen and oxygen atoms in total. The molecule has 0 spiro atoms. The van der Waals surface area contributed by atoms with Crippen molar-refractivity contribution < 1.29 is 0 Å². The summed E-state index contributed by atoms with van der Waals surface area (Å²) < 4.78 is 1.22. The molecule has 0 aliphatic heterocycles. The molecular weight excluding hydrogens is 593 g/mol. The van der Waals surface area contributed by atoms with Crippen LogP contribution in [0.4, 0.5) is 0 Å². The van der Waals surface area contributed by atoms with Gasteiger partial charge in [-0.15, -0.1) is 11.3 Å². The first kappa shape index (κ1) is 27.3. The van der Waals surface area contributed by atoms with Gasteiger partial charge in [-0.25, -0.2) is 19.9 Å². The van der Waals surface area contributed by atoms with E-state index in [2.05, 4.69) is 91.0 Å². The first-order valence-corrected chi connectivity index (χ1v) is 16.4. The van der Waals surface area contributed by atoms with Gasteiger partial charge in [0.05, 0.1) is 10.2 Å². The smallest absolute Gasteiger partial charge is 0.164 e. The minimum atomic E-state index is 0.654. The highest BCUT2D eigenvalue weighted by atomic mass is 32.1. The lowest BCUT2D eigenvalue weighted by atomic mass is 9.97. The van der Waals surface area contributed by atoms with E-state index < -0.39 is 0 Å². The van der Waals surface area contributed by atoms with E-state index in [1.165, 1.54) is 26.6 Å². The lowest BCUT2D eigenvalue weighted by molar-refractivity contribution is 1.07. The highest BCUT2D eigenvalue weighted by Crippen LogP contribution is 2.37. The number of benzene rings is 7. The highest BCUT2D eigenvalue weighted by Gasteiger charge is 2.14. The molecule has 2 heterocycles. The maximum absolute atomic E-state index is 4.96. The lowest BCUT2D eigenvalue weighted by Crippen LogP contribution is -2.00. The third-order valence-electron chi connectivity index (χ3n) is 8.52. The minimum Gasteiger partial charge on any atom is -0.236 e. The van der Waals surface area contributed by atoms with Crippen LogP contribution in [0.2, 0.25) is 0 Å². The fraction of sp³-hybridized carbons (Fsp3) is 0. The zero-order chi connectivity index (χ0) is 31.2. The lowest BCUT2D eigenvalue weighted by Gasteiger charge is -2.10. The van der Waals surface area contributed by atoms with Gasteiger partial charge in [-0.2, -0.15) is 0 Å². The first-order chi connectivity index (χ1) is 23.2. The molecule has 0 aliphatic rings. The zero-order valence-corrected chi connectivity index (χ0v) is 26.0. The first-order valence-electron chi connectivity index (χ1n) is 15.6. The molecule has 9 rings (SSSR count). The molecule has 220 valence electrons. The number of hydrogen-bond acceptors (Lipinski definition) is 5. The van der Waals surface area contributed by atoms with Crippen LogP contribution in [0.3, 0.4) is 0 Å². The predicted molar refractivity (Wildman–Crippen MR) is 195 cm³/mol. The van der Waals surface area contributed by atoms with Crippen molar-refractivity contribution in [2.75, 3.05) is 0 Å². The average Bonchev–Trinajstić information content (AvgIpc) is 3.60. The van der Waals surface area contributed by atoms with Crippen molar-refractivity contribution in [1.29, 1.82) is 0 Å². The summed E-state index contributed by atoms with van der Waals surface area (Å²) >= 11 is 1.76. The summed E-state index contributed by atoms with van der Waals surface area (Å²) in [5.74, 6) is 1.97. The van der Waals surface area contributed by atoms with Gasteiger partial charge in [-0.05, 0) is 51.6 Å². The second-order valence-electron chi connectivity index (χ2n) is 11.5. The van der Waals surface area contributed by atoms with Crippen LogP contribution in [0.1, 0.15) is 0 Å². The average molecular weight is 619 g/mol. The van der Waals surface area contributed by atoms with Crippen LogP contribution in [0, 0.1) is 0 Å². The molecule has 7 aromatic carbocycles. The molecule has 0 saturated carbocycles. The summed E-state index contributed by atoms with van der Waals surface area (Å²) in [5.41, 5.74) is 7.42. The molecule has 5 heteroatoms.